The van der Waals surface area contributed by atoms with Crippen molar-refractivity contribution in [1.82, 2.24) is 15.1 Å². The molecule has 1 N–H and O–H groups in total. The summed E-state index contributed by atoms with van der Waals surface area (Å²) >= 11 is 0. The normalized spacial score (nSPS) is 17.6. The summed E-state index contributed by atoms with van der Waals surface area (Å²) in [5.74, 6) is 0.660. The van der Waals surface area contributed by atoms with Crippen LogP contribution in [-0.4, -0.2) is 40.7 Å². The van der Waals surface area contributed by atoms with Crippen LogP contribution in [-0.2, 0) is 23.1 Å². The molecule has 2 aromatic rings. The summed E-state index contributed by atoms with van der Waals surface area (Å²) in [6.45, 7) is 1.96. The van der Waals surface area contributed by atoms with Gasteiger partial charge in [-0.15, -0.1) is 0 Å². The van der Waals surface area contributed by atoms with Gasteiger partial charge in [0, 0.05) is 31.3 Å². The molecule has 7 nitrogen and oxygen atoms in total. The number of hydrogen-bond donors (Lipinski definition) is 1. The van der Waals surface area contributed by atoms with Gasteiger partial charge in [0.2, 0.25) is 6.10 Å². The number of para-hydroxylation sites is 1. The summed E-state index contributed by atoms with van der Waals surface area (Å²) < 4.78 is 7.05. The van der Waals surface area contributed by atoms with E-state index >= 15 is 0 Å². The van der Waals surface area contributed by atoms with Crippen LogP contribution in [0.4, 0.5) is 0 Å². The van der Waals surface area contributed by atoms with Crippen LogP contribution >= 0.6 is 0 Å². The average Bonchev–Trinajstić information content (AvgIpc) is 3.24. The third kappa shape index (κ3) is 3.99. The van der Waals surface area contributed by atoms with E-state index in [1.165, 1.54) is 0 Å². The first-order valence-corrected chi connectivity index (χ1v) is 8.20. The molecule has 0 radical (unpaired) electrons. The molecule has 1 aromatic carbocycles. The van der Waals surface area contributed by atoms with Gasteiger partial charge in [-0.3, -0.25) is 9.48 Å². The van der Waals surface area contributed by atoms with Crippen molar-refractivity contribution in [1.29, 1.82) is 0 Å². The number of oxime groups is 1. The number of ether oxygens (including phenoxy) is 1. The second-order valence-corrected chi connectivity index (χ2v) is 6.16. The fraction of sp³-hybridized carbons (Fsp3) is 0.389. The van der Waals surface area contributed by atoms with Crippen LogP contribution in [0.2, 0.25) is 0 Å². The number of carbonyl (C=O) groups excluding carboxylic acids is 1. The van der Waals surface area contributed by atoms with Crippen LogP contribution in [0.5, 0.6) is 5.75 Å². The third-order valence-electron chi connectivity index (χ3n) is 4.11. The SMILES string of the molecule is COc1ccccc1C[C@@H](C)NC(=O)[C@H]1CC(c2cnn(C)c2)=NO1. The lowest BCUT2D eigenvalue weighted by atomic mass is 10.0. The number of nitrogens with zero attached hydrogens (tertiary/aromatic N) is 3. The summed E-state index contributed by atoms with van der Waals surface area (Å²) in [6.07, 6.45) is 4.09. The molecule has 0 fully saturated rings. The number of aryl methyl sites for hydroxylation is 1. The zero-order chi connectivity index (χ0) is 17.8. The van der Waals surface area contributed by atoms with Crippen LogP contribution in [0, 0.1) is 0 Å². The van der Waals surface area contributed by atoms with Gasteiger partial charge < -0.3 is 14.9 Å². The molecule has 1 aliphatic rings. The van der Waals surface area contributed by atoms with Crippen LogP contribution in [0.25, 0.3) is 0 Å². The Hall–Kier alpha value is -2.83. The smallest absolute Gasteiger partial charge is 0.264 e. The molecule has 1 aliphatic heterocycles. The Kier molecular flexibility index (Phi) is 5.02. The molecule has 132 valence electrons. The summed E-state index contributed by atoms with van der Waals surface area (Å²) in [7, 11) is 3.48. The fourth-order valence-corrected chi connectivity index (χ4v) is 2.85. The molecule has 2 heterocycles. The molecule has 0 spiro atoms. The zero-order valence-electron chi connectivity index (χ0n) is 14.6. The maximum atomic E-state index is 12.4. The van der Waals surface area contributed by atoms with Crippen molar-refractivity contribution < 1.29 is 14.4 Å². The number of amides is 1. The van der Waals surface area contributed by atoms with Gasteiger partial charge in [0.25, 0.3) is 5.91 Å². The molecule has 7 heteroatoms. The maximum Gasteiger partial charge on any atom is 0.264 e. The number of carbonyl (C=O) groups is 1. The van der Waals surface area contributed by atoms with E-state index in [1.807, 2.05) is 44.4 Å². The van der Waals surface area contributed by atoms with Crippen molar-refractivity contribution in [2.45, 2.75) is 31.9 Å². The molecule has 0 unspecified atom stereocenters. The standard InChI is InChI=1S/C18H22N4O3/c1-12(8-13-6-4-5-7-16(13)24-3)20-18(23)17-9-15(21-25-17)14-10-19-22(2)11-14/h4-7,10-12,17H,8-9H2,1-3H3,(H,20,23)/t12-,17-/m1/s1. The van der Waals surface area contributed by atoms with E-state index in [0.717, 1.165) is 22.6 Å². The predicted molar refractivity (Wildman–Crippen MR) is 93.5 cm³/mol. The number of nitrogens with one attached hydrogen (secondary N) is 1. The van der Waals surface area contributed by atoms with Crippen molar-refractivity contribution in [2.24, 2.45) is 12.2 Å². The number of rotatable bonds is 6. The number of benzene rings is 1. The molecule has 3 rings (SSSR count). The lowest BCUT2D eigenvalue weighted by Gasteiger charge is -2.17. The molecule has 0 saturated heterocycles. The van der Waals surface area contributed by atoms with Crippen molar-refractivity contribution >= 4 is 11.6 Å². The molecule has 1 aromatic heterocycles. The van der Waals surface area contributed by atoms with Crippen molar-refractivity contribution in [3.63, 3.8) is 0 Å². The minimum Gasteiger partial charge on any atom is -0.496 e. The Balaban J connectivity index is 1.54. The van der Waals surface area contributed by atoms with E-state index in [4.69, 9.17) is 9.57 Å². The Morgan fingerprint density at radius 1 is 1.48 bits per heavy atom. The Morgan fingerprint density at radius 3 is 3.00 bits per heavy atom. The highest BCUT2D eigenvalue weighted by Crippen LogP contribution is 2.20. The van der Waals surface area contributed by atoms with Crippen LogP contribution < -0.4 is 10.1 Å². The van der Waals surface area contributed by atoms with E-state index in [-0.39, 0.29) is 11.9 Å². The summed E-state index contributed by atoms with van der Waals surface area (Å²) in [5, 5.41) is 11.1. The molecule has 0 aliphatic carbocycles. The van der Waals surface area contributed by atoms with Gasteiger partial charge in [-0.25, -0.2) is 0 Å². The van der Waals surface area contributed by atoms with Gasteiger partial charge >= 0.3 is 0 Å². The Labute approximate surface area is 146 Å². The zero-order valence-corrected chi connectivity index (χ0v) is 14.6. The van der Waals surface area contributed by atoms with E-state index in [0.29, 0.717) is 12.8 Å². The fourth-order valence-electron chi connectivity index (χ4n) is 2.85. The quantitative estimate of drug-likeness (QED) is 0.866. The second kappa shape index (κ2) is 7.38. The van der Waals surface area contributed by atoms with Gasteiger partial charge in [0.15, 0.2) is 0 Å². The monoisotopic (exact) mass is 342 g/mol. The Morgan fingerprint density at radius 2 is 2.28 bits per heavy atom. The molecule has 25 heavy (non-hydrogen) atoms. The maximum absolute atomic E-state index is 12.4. The Bertz CT molecular complexity index is 784. The third-order valence-corrected chi connectivity index (χ3v) is 4.11. The topological polar surface area (TPSA) is 77.7 Å². The minimum absolute atomic E-state index is 0.0464. The van der Waals surface area contributed by atoms with Gasteiger partial charge in [0.05, 0.1) is 19.0 Å². The van der Waals surface area contributed by atoms with E-state index in [9.17, 15) is 4.79 Å². The van der Waals surface area contributed by atoms with Crippen LogP contribution in [0.3, 0.4) is 0 Å². The van der Waals surface area contributed by atoms with Crippen LogP contribution in [0.1, 0.15) is 24.5 Å². The summed E-state index contributed by atoms with van der Waals surface area (Å²) in [5.41, 5.74) is 2.67. The first kappa shape index (κ1) is 17.0. The van der Waals surface area contributed by atoms with Crippen molar-refractivity contribution in [3.8, 4) is 5.75 Å². The van der Waals surface area contributed by atoms with Gasteiger partial charge in [-0.2, -0.15) is 5.10 Å². The predicted octanol–water partition coefficient (Wildman–Crippen LogP) is 1.67. The van der Waals surface area contributed by atoms with Crippen molar-refractivity contribution in [2.75, 3.05) is 7.11 Å². The van der Waals surface area contributed by atoms with E-state index < -0.39 is 6.10 Å². The summed E-state index contributed by atoms with van der Waals surface area (Å²) in [4.78, 5) is 17.7. The molecular formula is C18H22N4O3. The van der Waals surface area contributed by atoms with Gasteiger partial charge in [-0.05, 0) is 25.0 Å². The molecule has 1 amide bonds. The van der Waals surface area contributed by atoms with E-state index in [2.05, 4.69) is 15.6 Å². The molecular weight excluding hydrogens is 320 g/mol. The number of methoxy groups -OCH3 is 1. The van der Waals surface area contributed by atoms with Gasteiger partial charge in [0.1, 0.15) is 5.75 Å². The molecule has 0 bridgehead atoms. The second-order valence-electron chi connectivity index (χ2n) is 6.16. The first-order valence-electron chi connectivity index (χ1n) is 8.20. The van der Waals surface area contributed by atoms with Crippen LogP contribution in [0.15, 0.2) is 41.8 Å². The molecule has 0 saturated carbocycles. The minimum atomic E-state index is -0.602. The highest BCUT2D eigenvalue weighted by atomic mass is 16.6. The summed E-state index contributed by atoms with van der Waals surface area (Å²) in [6, 6.07) is 7.75. The van der Waals surface area contributed by atoms with E-state index in [1.54, 1.807) is 18.0 Å². The van der Waals surface area contributed by atoms with Crippen molar-refractivity contribution in [3.05, 3.63) is 47.8 Å². The largest absolute Gasteiger partial charge is 0.496 e. The number of hydrogen-bond acceptors (Lipinski definition) is 5. The highest BCUT2D eigenvalue weighted by Gasteiger charge is 2.30. The lowest BCUT2D eigenvalue weighted by molar-refractivity contribution is -0.131. The lowest BCUT2D eigenvalue weighted by Crippen LogP contribution is -2.41. The van der Waals surface area contributed by atoms with Gasteiger partial charge in [-0.1, -0.05) is 23.4 Å². The first-order chi connectivity index (χ1) is 12.1. The molecule has 2 atom stereocenters. The number of aromatic nitrogens is 2. The highest BCUT2D eigenvalue weighted by molar-refractivity contribution is 6.03. The average molecular weight is 342 g/mol.